The quantitative estimate of drug-likeness (QED) is 0.691. The van der Waals surface area contributed by atoms with Crippen molar-refractivity contribution in [1.82, 2.24) is 15.3 Å². The number of fused-ring (bicyclic) bond motifs is 1. The molecule has 0 aliphatic rings. The minimum atomic E-state index is -0.160. The van der Waals surface area contributed by atoms with Crippen molar-refractivity contribution in [3.05, 3.63) is 17.8 Å². The van der Waals surface area contributed by atoms with Crippen LogP contribution >= 0.6 is 23.1 Å². The highest BCUT2D eigenvalue weighted by Gasteiger charge is 2.17. The van der Waals surface area contributed by atoms with Gasteiger partial charge in [0.25, 0.3) is 0 Å². The summed E-state index contributed by atoms with van der Waals surface area (Å²) in [5.74, 6) is 0.0401. The van der Waals surface area contributed by atoms with Crippen LogP contribution in [0.5, 0.6) is 0 Å². The summed E-state index contributed by atoms with van der Waals surface area (Å²) in [6.45, 7) is 5.80. The largest absolute Gasteiger partial charge is 0.353 e. The molecule has 0 aromatic carbocycles. The summed E-state index contributed by atoms with van der Waals surface area (Å²) in [5.41, 5.74) is 0.939. The number of hydrogen-bond acceptors (Lipinski definition) is 5. The number of carbonyl (C=O) groups is 1. The van der Waals surface area contributed by atoms with E-state index in [0.29, 0.717) is 0 Å². The first-order valence-corrected chi connectivity index (χ1v) is 7.49. The molecule has 0 unspecified atom stereocenters. The molecule has 2 aromatic rings. The lowest BCUT2D eigenvalue weighted by molar-refractivity contribution is -0.120. The Hall–Kier alpha value is -1.14. The second-order valence-corrected chi connectivity index (χ2v) is 6.48. The number of amides is 1. The van der Waals surface area contributed by atoms with E-state index < -0.39 is 0 Å². The number of nitrogens with zero attached hydrogens (tertiary/aromatic N) is 2. The number of aromatic nitrogens is 2. The fourth-order valence-electron chi connectivity index (χ4n) is 1.47. The SMILES string of the molecule is CC(C)NC(=O)[C@@H](C)Sc1ncnc2ccsc12. The molecule has 2 heterocycles. The van der Waals surface area contributed by atoms with Crippen LogP contribution < -0.4 is 5.32 Å². The predicted octanol–water partition coefficient (Wildman–Crippen LogP) is 2.70. The van der Waals surface area contributed by atoms with E-state index in [0.717, 1.165) is 15.2 Å². The van der Waals surface area contributed by atoms with Gasteiger partial charge >= 0.3 is 0 Å². The molecule has 1 atom stereocenters. The van der Waals surface area contributed by atoms with Crippen molar-refractivity contribution < 1.29 is 4.79 Å². The molecular formula is C12H15N3OS2. The molecule has 2 aromatic heterocycles. The summed E-state index contributed by atoms with van der Waals surface area (Å²) >= 11 is 3.08. The van der Waals surface area contributed by atoms with Gasteiger partial charge in [0.15, 0.2) is 0 Å². The predicted molar refractivity (Wildman–Crippen MR) is 76.0 cm³/mol. The lowest BCUT2D eigenvalue weighted by atomic mass is 10.3. The highest BCUT2D eigenvalue weighted by atomic mass is 32.2. The normalized spacial score (nSPS) is 12.9. The van der Waals surface area contributed by atoms with Gasteiger partial charge in [-0.25, -0.2) is 9.97 Å². The highest BCUT2D eigenvalue weighted by molar-refractivity contribution is 8.00. The molecule has 0 fully saturated rings. The molecule has 0 spiro atoms. The van der Waals surface area contributed by atoms with Gasteiger partial charge in [-0.2, -0.15) is 0 Å². The van der Waals surface area contributed by atoms with E-state index in [-0.39, 0.29) is 17.2 Å². The average molecular weight is 281 g/mol. The Balaban J connectivity index is 2.13. The van der Waals surface area contributed by atoms with Crippen LogP contribution in [-0.2, 0) is 4.79 Å². The topological polar surface area (TPSA) is 54.9 Å². The zero-order valence-corrected chi connectivity index (χ0v) is 12.1. The standard InChI is InChI=1S/C12H15N3OS2/c1-7(2)15-11(16)8(3)18-12-10-9(4-5-17-10)13-6-14-12/h4-8H,1-3H3,(H,15,16)/t8-/m1/s1. The lowest BCUT2D eigenvalue weighted by Crippen LogP contribution is -2.35. The molecule has 18 heavy (non-hydrogen) atoms. The first-order valence-electron chi connectivity index (χ1n) is 5.73. The first kappa shape index (κ1) is 13.3. The number of thioether (sulfide) groups is 1. The van der Waals surface area contributed by atoms with Crippen molar-refractivity contribution in [3.8, 4) is 0 Å². The summed E-state index contributed by atoms with van der Waals surface area (Å²) in [6.07, 6.45) is 1.55. The Bertz CT molecular complexity index is 553. The van der Waals surface area contributed by atoms with Gasteiger partial charge < -0.3 is 5.32 Å². The minimum absolute atomic E-state index is 0.0401. The van der Waals surface area contributed by atoms with Gasteiger partial charge in [0, 0.05) is 6.04 Å². The van der Waals surface area contributed by atoms with E-state index in [1.54, 1.807) is 17.7 Å². The second kappa shape index (κ2) is 5.67. The van der Waals surface area contributed by atoms with E-state index in [9.17, 15) is 4.79 Å². The molecule has 4 nitrogen and oxygen atoms in total. The fraction of sp³-hybridized carbons (Fsp3) is 0.417. The summed E-state index contributed by atoms with van der Waals surface area (Å²) in [4.78, 5) is 20.3. The average Bonchev–Trinajstić information content (AvgIpc) is 2.77. The van der Waals surface area contributed by atoms with Gasteiger partial charge in [0.1, 0.15) is 11.4 Å². The van der Waals surface area contributed by atoms with Gasteiger partial charge in [-0.3, -0.25) is 4.79 Å². The molecule has 96 valence electrons. The second-order valence-electron chi connectivity index (χ2n) is 4.24. The third kappa shape index (κ3) is 3.00. The molecule has 1 N–H and O–H groups in total. The Labute approximate surface area is 114 Å². The molecule has 0 saturated heterocycles. The third-order valence-corrected chi connectivity index (χ3v) is 4.44. The van der Waals surface area contributed by atoms with Crippen molar-refractivity contribution in [2.45, 2.75) is 37.1 Å². The van der Waals surface area contributed by atoms with E-state index >= 15 is 0 Å². The zero-order chi connectivity index (χ0) is 13.1. The van der Waals surface area contributed by atoms with Crippen molar-refractivity contribution in [2.75, 3.05) is 0 Å². The number of thiophene rings is 1. The minimum Gasteiger partial charge on any atom is -0.353 e. The zero-order valence-electron chi connectivity index (χ0n) is 10.5. The van der Waals surface area contributed by atoms with Crippen molar-refractivity contribution in [1.29, 1.82) is 0 Å². The van der Waals surface area contributed by atoms with Crippen LogP contribution in [0.1, 0.15) is 20.8 Å². The van der Waals surface area contributed by atoms with Gasteiger partial charge in [-0.1, -0.05) is 11.8 Å². The summed E-state index contributed by atoms with van der Waals surface area (Å²) in [7, 11) is 0. The highest BCUT2D eigenvalue weighted by Crippen LogP contribution is 2.31. The van der Waals surface area contributed by atoms with E-state index in [1.165, 1.54) is 11.8 Å². The Kier molecular flexibility index (Phi) is 4.19. The molecule has 6 heteroatoms. The van der Waals surface area contributed by atoms with Gasteiger partial charge in [0.05, 0.1) is 15.5 Å². The van der Waals surface area contributed by atoms with Gasteiger partial charge in [0.2, 0.25) is 5.91 Å². The lowest BCUT2D eigenvalue weighted by Gasteiger charge is -2.13. The summed E-state index contributed by atoms with van der Waals surface area (Å²) in [6, 6.07) is 2.12. The van der Waals surface area contributed by atoms with Crippen LogP contribution in [-0.4, -0.2) is 27.2 Å². The maximum Gasteiger partial charge on any atom is 0.233 e. The maximum atomic E-state index is 11.9. The van der Waals surface area contributed by atoms with Crippen molar-refractivity contribution in [3.63, 3.8) is 0 Å². The van der Waals surface area contributed by atoms with Crippen molar-refractivity contribution in [2.24, 2.45) is 0 Å². The van der Waals surface area contributed by atoms with Crippen LogP contribution in [0, 0.1) is 0 Å². The van der Waals surface area contributed by atoms with E-state index in [4.69, 9.17) is 0 Å². The molecule has 0 bridgehead atoms. The van der Waals surface area contributed by atoms with Crippen LogP contribution in [0.25, 0.3) is 10.2 Å². The van der Waals surface area contributed by atoms with Crippen LogP contribution in [0.15, 0.2) is 22.8 Å². The molecule has 2 rings (SSSR count). The smallest absolute Gasteiger partial charge is 0.233 e. The van der Waals surface area contributed by atoms with Gasteiger partial charge in [-0.05, 0) is 32.2 Å². The van der Waals surface area contributed by atoms with Crippen LogP contribution in [0.3, 0.4) is 0 Å². The molecular weight excluding hydrogens is 266 g/mol. The van der Waals surface area contributed by atoms with E-state index in [2.05, 4.69) is 15.3 Å². The van der Waals surface area contributed by atoms with E-state index in [1.807, 2.05) is 32.2 Å². The molecule has 0 aliphatic carbocycles. The molecule has 0 aliphatic heterocycles. The monoisotopic (exact) mass is 281 g/mol. The fourth-order valence-corrected chi connectivity index (χ4v) is 3.32. The number of hydrogen-bond donors (Lipinski definition) is 1. The number of carbonyl (C=O) groups excluding carboxylic acids is 1. The van der Waals surface area contributed by atoms with Gasteiger partial charge in [-0.15, -0.1) is 11.3 Å². The van der Waals surface area contributed by atoms with Crippen LogP contribution in [0.4, 0.5) is 0 Å². The van der Waals surface area contributed by atoms with Crippen LogP contribution in [0.2, 0.25) is 0 Å². The Morgan fingerprint density at radius 3 is 2.89 bits per heavy atom. The Morgan fingerprint density at radius 2 is 2.17 bits per heavy atom. The van der Waals surface area contributed by atoms with Crippen molar-refractivity contribution >= 4 is 39.2 Å². The number of nitrogens with one attached hydrogen (secondary N) is 1. The summed E-state index contributed by atoms with van der Waals surface area (Å²) in [5, 5.41) is 5.61. The molecule has 0 saturated carbocycles. The molecule has 1 amide bonds. The third-order valence-electron chi connectivity index (χ3n) is 2.30. The number of rotatable bonds is 4. The first-order chi connectivity index (χ1) is 8.58. The molecule has 0 radical (unpaired) electrons. The maximum absolute atomic E-state index is 11.9. The summed E-state index contributed by atoms with van der Waals surface area (Å²) < 4.78 is 1.05. The Morgan fingerprint density at radius 1 is 1.39 bits per heavy atom.